The fraction of sp³-hybridized carbons (Fsp3) is 0.500. The fourth-order valence-electron chi connectivity index (χ4n) is 1.24. The molecule has 19 heavy (non-hydrogen) atoms. The lowest BCUT2D eigenvalue weighted by atomic mass is 10.4. The van der Waals surface area contributed by atoms with Gasteiger partial charge in [-0.3, -0.25) is 10.1 Å². The lowest BCUT2D eigenvalue weighted by Gasteiger charge is -2.08. The van der Waals surface area contributed by atoms with Crippen LogP contribution in [-0.2, 0) is 4.74 Å². The van der Waals surface area contributed by atoms with E-state index in [1.165, 1.54) is 19.2 Å². The molecular formula is C10H13F2N3O4. The summed E-state index contributed by atoms with van der Waals surface area (Å²) in [6, 6.07) is 2.60. The molecule has 0 unspecified atom stereocenters. The highest BCUT2D eigenvalue weighted by Crippen LogP contribution is 2.24. The number of anilines is 1. The smallest absolute Gasteiger partial charge is 0.311 e. The van der Waals surface area contributed by atoms with Crippen LogP contribution in [0.3, 0.4) is 0 Å². The Kier molecular flexibility index (Phi) is 5.86. The van der Waals surface area contributed by atoms with Crippen LogP contribution < -0.4 is 10.1 Å². The molecule has 0 aliphatic carbocycles. The molecule has 1 aromatic rings. The Morgan fingerprint density at radius 1 is 1.53 bits per heavy atom. The van der Waals surface area contributed by atoms with E-state index in [0.29, 0.717) is 0 Å². The summed E-state index contributed by atoms with van der Waals surface area (Å²) in [7, 11) is 1.38. The molecule has 106 valence electrons. The summed E-state index contributed by atoms with van der Waals surface area (Å²) in [5, 5.41) is 13.4. The van der Waals surface area contributed by atoms with Crippen molar-refractivity contribution in [1.29, 1.82) is 0 Å². The predicted molar refractivity (Wildman–Crippen MR) is 62.8 cm³/mol. The highest BCUT2D eigenvalue weighted by molar-refractivity contribution is 5.56. The summed E-state index contributed by atoms with van der Waals surface area (Å²) < 4.78 is 33.1. The number of rotatable bonds is 8. The number of nitro groups is 1. The molecule has 0 bridgehead atoms. The second-order valence-electron chi connectivity index (χ2n) is 3.37. The molecule has 1 heterocycles. The Hall–Kier alpha value is -2.03. The first-order valence-electron chi connectivity index (χ1n) is 5.33. The Labute approximate surface area is 107 Å². The van der Waals surface area contributed by atoms with E-state index < -0.39 is 18.0 Å². The molecule has 0 saturated heterocycles. The van der Waals surface area contributed by atoms with Gasteiger partial charge in [-0.15, -0.1) is 0 Å². The second-order valence-corrected chi connectivity index (χ2v) is 3.37. The van der Waals surface area contributed by atoms with Crippen LogP contribution in [0.1, 0.15) is 0 Å². The van der Waals surface area contributed by atoms with Crippen molar-refractivity contribution in [3.63, 3.8) is 0 Å². The third-order valence-corrected chi connectivity index (χ3v) is 2.04. The Morgan fingerprint density at radius 3 is 2.84 bits per heavy atom. The zero-order valence-corrected chi connectivity index (χ0v) is 10.1. The molecule has 0 atom stereocenters. The van der Waals surface area contributed by atoms with Crippen molar-refractivity contribution in [2.45, 2.75) is 6.43 Å². The third-order valence-electron chi connectivity index (χ3n) is 2.04. The zero-order valence-electron chi connectivity index (χ0n) is 10.1. The first-order chi connectivity index (χ1) is 9.04. The van der Waals surface area contributed by atoms with Crippen LogP contribution in [-0.4, -0.2) is 43.2 Å². The van der Waals surface area contributed by atoms with Gasteiger partial charge in [-0.1, -0.05) is 0 Å². The normalized spacial score (nSPS) is 10.5. The van der Waals surface area contributed by atoms with E-state index in [1.807, 2.05) is 0 Å². The topological polar surface area (TPSA) is 86.5 Å². The summed E-state index contributed by atoms with van der Waals surface area (Å²) in [4.78, 5) is 14.0. The Balaban J connectivity index is 2.57. The molecule has 0 radical (unpaired) electrons. The van der Waals surface area contributed by atoms with Crippen molar-refractivity contribution in [3.05, 3.63) is 22.2 Å². The number of hydrogen-bond donors (Lipinski definition) is 1. The molecular weight excluding hydrogens is 264 g/mol. The first kappa shape index (κ1) is 15.0. The maximum atomic E-state index is 11.8. The molecule has 1 aromatic heterocycles. The average molecular weight is 277 g/mol. The van der Waals surface area contributed by atoms with Gasteiger partial charge in [0.2, 0.25) is 11.7 Å². The molecule has 7 nitrogen and oxygen atoms in total. The van der Waals surface area contributed by atoms with Crippen molar-refractivity contribution in [2.75, 3.05) is 32.2 Å². The molecule has 1 rings (SSSR count). The van der Waals surface area contributed by atoms with Gasteiger partial charge in [0.15, 0.2) is 0 Å². The van der Waals surface area contributed by atoms with E-state index >= 15 is 0 Å². The number of hydrogen-bond acceptors (Lipinski definition) is 6. The minimum absolute atomic E-state index is 0.00463. The van der Waals surface area contributed by atoms with Crippen molar-refractivity contribution in [1.82, 2.24) is 4.98 Å². The van der Waals surface area contributed by atoms with Crippen LogP contribution in [0.15, 0.2) is 12.1 Å². The van der Waals surface area contributed by atoms with Crippen molar-refractivity contribution < 1.29 is 23.2 Å². The van der Waals surface area contributed by atoms with Gasteiger partial charge in [-0.25, -0.2) is 8.78 Å². The maximum Gasteiger partial charge on any atom is 0.311 e. The maximum absolute atomic E-state index is 11.8. The molecule has 1 N–H and O–H groups in total. The number of halogens is 2. The zero-order chi connectivity index (χ0) is 14.3. The molecule has 0 fully saturated rings. The number of alkyl halides is 2. The molecule has 0 aliphatic rings. The number of nitrogens with one attached hydrogen (secondary N) is 1. The fourth-order valence-corrected chi connectivity index (χ4v) is 1.24. The second kappa shape index (κ2) is 7.41. The molecule has 0 saturated carbocycles. The molecule has 9 heteroatoms. The van der Waals surface area contributed by atoms with E-state index in [2.05, 4.69) is 15.0 Å². The molecule has 0 spiro atoms. The number of nitrogens with zero attached hydrogens (tertiary/aromatic N) is 2. The van der Waals surface area contributed by atoms with Crippen molar-refractivity contribution >= 4 is 11.5 Å². The van der Waals surface area contributed by atoms with Crippen LogP contribution >= 0.6 is 0 Å². The van der Waals surface area contributed by atoms with E-state index in [0.717, 1.165) is 0 Å². The minimum Gasteiger partial charge on any atom is -0.481 e. The standard InChI is InChI=1S/C10H13F2N3O4/c1-18-9-3-2-7(15(16)17)10(14-9)13-4-5-19-6-8(11)12/h2-3,8H,4-6H2,1H3,(H,13,14). The summed E-state index contributed by atoms with van der Waals surface area (Å²) in [5.41, 5.74) is -0.227. The lowest BCUT2D eigenvalue weighted by Crippen LogP contribution is -2.14. The van der Waals surface area contributed by atoms with Crippen LogP contribution in [0.25, 0.3) is 0 Å². The monoisotopic (exact) mass is 277 g/mol. The van der Waals surface area contributed by atoms with Gasteiger partial charge in [-0.2, -0.15) is 4.98 Å². The molecule has 0 amide bonds. The van der Waals surface area contributed by atoms with Crippen molar-refractivity contribution in [3.8, 4) is 5.88 Å². The summed E-state index contributed by atoms with van der Waals surface area (Å²) >= 11 is 0. The number of aromatic nitrogens is 1. The Bertz CT molecular complexity index is 431. The first-order valence-corrected chi connectivity index (χ1v) is 5.33. The van der Waals surface area contributed by atoms with E-state index in [-0.39, 0.29) is 30.5 Å². The largest absolute Gasteiger partial charge is 0.481 e. The van der Waals surface area contributed by atoms with E-state index in [4.69, 9.17) is 4.74 Å². The van der Waals surface area contributed by atoms with Gasteiger partial charge >= 0.3 is 5.69 Å². The number of ether oxygens (including phenoxy) is 2. The van der Waals surface area contributed by atoms with Crippen molar-refractivity contribution in [2.24, 2.45) is 0 Å². The van der Waals surface area contributed by atoms with Gasteiger partial charge in [0.1, 0.15) is 6.61 Å². The quantitative estimate of drug-likeness (QED) is 0.442. The van der Waals surface area contributed by atoms with Gasteiger partial charge in [-0.05, 0) is 0 Å². The third kappa shape index (κ3) is 5.00. The highest BCUT2D eigenvalue weighted by Gasteiger charge is 2.15. The summed E-state index contributed by atoms with van der Waals surface area (Å²) in [5.74, 6) is 0.214. The van der Waals surface area contributed by atoms with Crippen LogP contribution in [0.5, 0.6) is 5.88 Å². The minimum atomic E-state index is -2.54. The van der Waals surface area contributed by atoms with E-state index in [9.17, 15) is 18.9 Å². The van der Waals surface area contributed by atoms with Gasteiger partial charge < -0.3 is 14.8 Å². The Morgan fingerprint density at radius 2 is 2.26 bits per heavy atom. The van der Waals surface area contributed by atoms with Crippen LogP contribution in [0.2, 0.25) is 0 Å². The van der Waals surface area contributed by atoms with Gasteiger partial charge in [0, 0.05) is 18.7 Å². The van der Waals surface area contributed by atoms with Crippen LogP contribution in [0.4, 0.5) is 20.3 Å². The SMILES string of the molecule is COc1ccc([N+](=O)[O-])c(NCCOCC(F)F)n1. The highest BCUT2D eigenvalue weighted by atomic mass is 19.3. The molecule has 0 aromatic carbocycles. The van der Waals surface area contributed by atoms with Gasteiger partial charge in [0.05, 0.1) is 18.6 Å². The van der Waals surface area contributed by atoms with E-state index in [1.54, 1.807) is 0 Å². The lowest BCUT2D eigenvalue weighted by molar-refractivity contribution is -0.384. The van der Waals surface area contributed by atoms with Gasteiger partial charge in [0.25, 0.3) is 6.43 Å². The average Bonchev–Trinajstić information content (AvgIpc) is 2.37. The number of pyridine rings is 1. The summed E-state index contributed by atoms with van der Waals surface area (Å²) in [6.45, 7) is -0.566. The van der Waals surface area contributed by atoms with Crippen LogP contribution in [0, 0.1) is 10.1 Å². The molecule has 0 aliphatic heterocycles. The predicted octanol–water partition coefficient (Wildman–Crippen LogP) is 1.69. The summed E-state index contributed by atoms with van der Waals surface area (Å²) in [6.07, 6.45) is -2.54. The number of methoxy groups -OCH3 is 1.